The van der Waals surface area contributed by atoms with Gasteiger partial charge in [-0.3, -0.25) is 9.36 Å². The summed E-state index contributed by atoms with van der Waals surface area (Å²) in [6.07, 6.45) is 1.52. The summed E-state index contributed by atoms with van der Waals surface area (Å²) in [6, 6.07) is 8.64. The van der Waals surface area contributed by atoms with Gasteiger partial charge >= 0.3 is 6.61 Å². The standard InChI is InChI=1S/C17H15F2N3O3/c1-2-24-12-7-14-16(21-9-12)13(20)8-15(23)22(14)10-3-5-11(6-4-10)25-17(18)19/h3-9,17H,2,20H2,1H3. The fraction of sp³-hybridized carbons (Fsp3) is 0.176. The van der Waals surface area contributed by atoms with Crippen LogP contribution in [0, 0.1) is 0 Å². The molecule has 130 valence electrons. The summed E-state index contributed by atoms with van der Waals surface area (Å²) >= 11 is 0. The highest BCUT2D eigenvalue weighted by Crippen LogP contribution is 2.25. The molecule has 0 unspecified atom stereocenters. The molecule has 3 aromatic rings. The lowest BCUT2D eigenvalue weighted by Gasteiger charge is -2.13. The third kappa shape index (κ3) is 3.37. The smallest absolute Gasteiger partial charge is 0.387 e. The number of hydrogen-bond acceptors (Lipinski definition) is 5. The van der Waals surface area contributed by atoms with Crippen molar-refractivity contribution in [2.45, 2.75) is 13.5 Å². The number of anilines is 1. The second-order valence-electron chi connectivity index (χ2n) is 5.12. The van der Waals surface area contributed by atoms with Crippen LogP contribution < -0.4 is 20.8 Å². The number of hydrogen-bond donors (Lipinski definition) is 1. The van der Waals surface area contributed by atoms with E-state index < -0.39 is 6.61 Å². The number of nitrogen functional groups attached to an aromatic ring is 1. The van der Waals surface area contributed by atoms with Crippen molar-refractivity contribution >= 4 is 16.7 Å². The average Bonchev–Trinajstić information content (AvgIpc) is 2.56. The molecule has 0 spiro atoms. The number of nitrogens with two attached hydrogens (primary N) is 1. The largest absolute Gasteiger partial charge is 0.492 e. The Balaban J connectivity index is 2.17. The highest BCUT2D eigenvalue weighted by molar-refractivity contribution is 5.88. The van der Waals surface area contributed by atoms with Crippen molar-refractivity contribution in [3.05, 3.63) is 52.9 Å². The first-order chi connectivity index (χ1) is 12.0. The highest BCUT2D eigenvalue weighted by atomic mass is 19.3. The molecule has 0 amide bonds. The topological polar surface area (TPSA) is 79.4 Å². The van der Waals surface area contributed by atoms with Gasteiger partial charge in [0.15, 0.2) is 0 Å². The first-order valence-corrected chi connectivity index (χ1v) is 7.49. The Morgan fingerprint density at radius 3 is 2.56 bits per heavy atom. The van der Waals surface area contributed by atoms with E-state index in [1.54, 1.807) is 6.07 Å². The van der Waals surface area contributed by atoms with Crippen LogP contribution in [-0.4, -0.2) is 22.8 Å². The van der Waals surface area contributed by atoms with Crippen molar-refractivity contribution in [3.8, 4) is 17.2 Å². The van der Waals surface area contributed by atoms with E-state index in [2.05, 4.69) is 9.72 Å². The van der Waals surface area contributed by atoms with Gasteiger partial charge in [-0.05, 0) is 31.2 Å². The molecule has 0 aliphatic carbocycles. The summed E-state index contributed by atoms with van der Waals surface area (Å²) in [5.41, 5.74) is 7.12. The van der Waals surface area contributed by atoms with Crippen LogP contribution in [0.2, 0.25) is 0 Å². The van der Waals surface area contributed by atoms with Crippen molar-refractivity contribution < 1.29 is 18.3 Å². The van der Waals surface area contributed by atoms with Gasteiger partial charge < -0.3 is 15.2 Å². The monoisotopic (exact) mass is 347 g/mol. The minimum absolute atomic E-state index is 0.000296. The Labute approximate surface area is 141 Å². The number of alkyl halides is 2. The molecule has 6 nitrogen and oxygen atoms in total. The predicted octanol–water partition coefficient (Wildman–Crippen LogP) is 2.97. The van der Waals surface area contributed by atoms with E-state index in [0.717, 1.165) is 0 Å². The van der Waals surface area contributed by atoms with Gasteiger partial charge in [-0.15, -0.1) is 0 Å². The summed E-state index contributed by atoms with van der Waals surface area (Å²) < 4.78 is 35.7. The number of halogens is 2. The third-order valence-electron chi connectivity index (χ3n) is 3.49. The van der Waals surface area contributed by atoms with Crippen molar-refractivity contribution in [2.24, 2.45) is 0 Å². The number of benzene rings is 1. The third-order valence-corrected chi connectivity index (χ3v) is 3.49. The highest BCUT2D eigenvalue weighted by Gasteiger charge is 2.12. The normalized spacial score (nSPS) is 11.0. The minimum Gasteiger partial charge on any atom is -0.492 e. The average molecular weight is 347 g/mol. The van der Waals surface area contributed by atoms with Crippen LogP contribution in [0.3, 0.4) is 0 Å². The maximum Gasteiger partial charge on any atom is 0.387 e. The summed E-state index contributed by atoms with van der Waals surface area (Å²) in [6.45, 7) is -0.638. The summed E-state index contributed by atoms with van der Waals surface area (Å²) in [4.78, 5) is 16.7. The van der Waals surface area contributed by atoms with Crippen molar-refractivity contribution in [1.82, 2.24) is 9.55 Å². The van der Waals surface area contributed by atoms with Crippen molar-refractivity contribution in [2.75, 3.05) is 12.3 Å². The molecule has 0 bridgehead atoms. The Morgan fingerprint density at radius 1 is 1.20 bits per heavy atom. The first-order valence-electron chi connectivity index (χ1n) is 7.49. The lowest BCUT2D eigenvalue weighted by atomic mass is 10.2. The first kappa shape index (κ1) is 16.7. The van der Waals surface area contributed by atoms with E-state index in [1.165, 1.54) is 41.1 Å². The van der Waals surface area contributed by atoms with Gasteiger partial charge in [-0.25, -0.2) is 4.98 Å². The van der Waals surface area contributed by atoms with E-state index in [0.29, 0.717) is 29.1 Å². The SMILES string of the molecule is CCOc1cnc2c(N)cc(=O)n(-c3ccc(OC(F)F)cc3)c2c1. The Bertz CT molecular complexity index is 956. The Morgan fingerprint density at radius 2 is 1.92 bits per heavy atom. The van der Waals surface area contributed by atoms with Crippen LogP contribution in [0.1, 0.15) is 6.92 Å². The van der Waals surface area contributed by atoms with Crippen LogP contribution in [0.15, 0.2) is 47.4 Å². The Kier molecular flexibility index (Phi) is 4.51. The van der Waals surface area contributed by atoms with Crippen LogP contribution in [0.25, 0.3) is 16.7 Å². The van der Waals surface area contributed by atoms with Gasteiger partial charge in [-0.1, -0.05) is 0 Å². The molecule has 0 fully saturated rings. The van der Waals surface area contributed by atoms with Gasteiger partial charge in [0.2, 0.25) is 0 Å². The van der Waals surface area contributed by atoms with E-state index in [1.807, 2.05) is 6.92 Å². The second-order valence-corrected chi connectivity index (χ2v) is 5.12. The molecule has 0 saturated carbocycles. The number of pyridine rings is 2. The number of aromatic nitrogens is 2. The van der Waals surface area contributed by atoms with E-state index in [9.17, 15) is 13.6 Å². The van der Waals surface area contributed by atoms with Crippen LogP contribution in [0.5, 0.6) is 11.5 Å². The molecule has 0 saturated heterocycles. The minimum atomic E-state index is -2.91. The maximum absolute atomic E-state index is 12.4. The molecule has 25 heavy (non-hydrogen) atoms. The van der Waals surface area contributed by atoms with Gasteiger partial charge in [0.05, 0.1) is 24.0 Å². The van der Waals surface area contributed by atoms with Gasteiger partial charge in [0.25, 0.3) is 5.56 Å². The zero-order valence-corrected chi connectivity index (χ0v) is 13.3. The quantitative estimate of drug-likeness (QED) is 0.768. The van der Waals surface area contributed by atoms with Crippen molar-refractivity contribution in [3.63, 3.8) is 0 Å². The van der Waals surface area contributed by atoms with Crippen LogP contribution >= 0.6 is 0 Å². The number of fused-ring (bicyclic) bond motifs is 1. The number of nitrogens with zero attached hydrogens (tertiary/aromatic N) is 2. The molecule has 0 radical (unpaired) electrons. The molecule has 0 aliphatic rings. The molecule has 1 aromatic carbocycles. The molecule has 2 N–H and O–H groups in total. The van der Waals surface area contributed by atoms with Crippen LogP contribution in [0.4, 0.5) is 14.5 Å². The van der Waals surface area contributed by atoms with E-state index in [-0.39, 0.29) is 17.0 Å². The maximum atomic E-state index is 12.4. The van der Waals surface area contributed by atoms with Crippen molar-refractivity contribution in [1.29, 1.82) is 0 Å². The number of ether oxygens (including phenoxy) is 2. The van der Waals surface area contributed by atoms with E-state index >= 15 is 0 Å². The molecule has 0 atom stereocenters. The summed E-state index contributed by atoms with van der Waals surface area (Å²) in [5.74, 6) is 0.492. The lowest BCUT2D eigenvalue weighted by molar-refractivity contribution is -0.0498. The van der Waals surface area contributed by atoms with E-state index in [4.69, 9.17) is 10.5 Å². The molecular weight excluding hydrogens is 332 g/mol. The molecule has 2 aromatic heterocycles. The molecule has 3 rings (SSSR count). The molecule has 8 heteroatoms. The summed E-state index contributed by atoms with van der Waals surface area (Å²) in [7, 11) is 0. The molecule has 0 aliphatic heterocycles. The molecular formula is C17H15F2N3O3. The fourth-order valence-electron chi connectivity index (χ4n) is 2.50. The number of rotatable bonds is 5. The second kappa shape index (κ2) is 6.76. The zero-order chi connectivity index (χ0) is 18.0. The van der Waals surface area contributed by atoms with Gasteiger partial charge in [0.1, 0.15) is 17.0 Å². The molecule has 2 heterocycles. The van der Waals surface area contributed by atoms with Crippen LogP contribution in [-0.2, 0) is 0 Å². The lowest BCUT2D eigenvalue weighted by Crippen LogP contribution is -2.19. The van der Waals surface area contributed by atoms with Gasteiger partial charge in [0, 0.05) is 17.8 Å². The zero-order valence-electron chi connectivity index (χ0n) is 13.3. The van der Waals surface area contributed by atoms with Gasteiger partial charge in [-0.2, -0.15) is 8.78 Å². The predicted molar refractivity (Wildman–Crippen MR) is 89.6 cm³/mol. The fourth-order valence-corrected chi connectivity index (χ4v) is 2.50. The Hall–Kier alpha value is -3.16. The summed E-state index contributed by atoms with van der Waals surface area (Å²) in [5, 5.41) is 0.